The van der Waals surface area contributed by atoms with Crippen LogP contribution in [0.3, 0.4) is 0 Å². The Kier molecular flexibility index (Phi) is 11.0. The van der Waals surface area contributed by atoms with Gasteiger partial charge in [-0.3, -0.25) is 9.89 Å². The molecule has 33 heavy (non-hydrogen) atoms. The minimum absolute atomic E-state index is 0. The van der Waals surface area contributed by atoms with E-state index in [0.717, 1.165) is 83.5 Å². The lowest BCUT2D eigenvalue weighted by Gasteiger charge is -2.34. The third-order valence-corrected chi connectivity index (χ3v) is 6.51. The van der Waals surface area contributed by atoms with E-state index in [0.29, 0.717) is 12.0 Å². The molecule has 1 aromatic carbocycles. The Hall–Kier alpha value is -1.58. The maximum Gasteiger partial charge on any atom is 0.194 e. The van der Waals surface area contributed by atoms with Crippen LogP contribution in [0.2, 0.25) is 0 Å². The van der Waals surface area contributed by atoms with Crippen molar-refractivity contribution in [3.8, 4) is 0 Å². The molecule has 7 heteroatoms. The van der Waals surface area contributed by atoms with E-state index >= 15 is 0 Å². The number of furan rings is 1. The van der Waals surface area contributed by atoms with E-state index in [1.807, 2.05) is 12.1 Å². The van der Waals surface area contributed by atoms with Crippen LogP contribution in [0, 0.1) is 5.92 Å². The number of piperidine rings is 1. The minimum Gasteiger partial charge on any atom is -0.469 e. The van der Waals surface area contributed by atoms with E-state index in [1.165, 1.54) is 12.0 Å². The molecule has 0 bridgehead atoms. The van der Waals surface area contributed by atoms with Gasteiger partial charge in [0.25, 0.3) is 0 Å². The molecule has 2 aliphatic heterocycles. The van der Waals surface area contributed by atoms with Crippen molar-refractivity contribution in [1.82, 2.24) is 15.1 Å². The van der Waals surface area contributed by atoms with Gasteiger partial charge in [-0.15, -0.1) is 24.0 Å². The molecule has 182 valence electrons. The lowest BCUT2D eigenvalue weighted by atomic mass is 10.0. The summed E-state index contributed by atoms with van der Waals surface area (Å²) in [6.45, 7) is 9.83. The molecule has 2 fully saturated rings. The molecule has 0 saturated carbocycles. The molecule has 1 atom stereocenters. The van der Waals surface area contributed by atoms with Crippen LogP contribution in [0.15, 0.2) is 58.1 Å². The Bertz CT molecular complexity index is 807. The molecule has 0 radical (unpaired) electrons. The average molecular weight is 567 g/mol. The average Bonchev–Trinajstić information content (AvgIpc) is 3.51. The Balaban J connectivity index is 0.00000306. The zero-order valence-electron chi connectivity index (χ0n) is 19.8. The molecule has 2 saturated heterocycles. The van der Waals surface area contributed by atoms with Gasteiger partial charge in [0, 0.05) is 64.3 Å². The number of hydrogen-bond acceptors (Lipinski definition) is 4. The van der Waals surface area contributed by atoms with Gasteiger partial charge in [-0.2, -0.15) is 0 Å². The molecule has 2 aromatic rings. The second kappa shape index (κ2) is 14.0. The zero-order valence-corrected chi connectivity index (χ0v) is 22.2. The fourth-order valence-corrected chi connectivity index (χ4v) is 4.67. The van der Waals surface area contributed by atoms with E-state index < -0.39 is 0 Å². The summed E-state index contributed by atoms with van der Waals surface area (Å²) in [5.74, 6) is 2.66. The largest absolute Gasteiger partial charge is 0.469 e. The monoisotopic (exact) mass is 566 g/mol. The summed E-state index contributed by atoms with van der Waals surface area (Å²) in [7, 11) is 0. The summed E-state index contributed by atoms with van der Waals surface area (Å²) in [4.78, 5) is 9.99. The van der Waals surface area contributed by atoms with Crippen LogP contribution in [0.4, 0.5) is 0 Å². The van der Waals surface area contributed by atoms with Crippen molar-refractivity contribution in [2.45, 2.75) is 45.2 Å². The van der Waals surface area contributed by atoms with Crippen molar-refractivity contribution in [3.05, 3.63) is 60.1 Å². The molecule has 1 N–H and O–H groups in total. The van der Waals surface area contributed by atoms with E-state index in [1.54, 1.807) is 6.26 Å². The SMILES string of the molecule is CCOCC1CCN(C(=NCCc2ccco2)NC2CCN(Cc3ccccc3)CC2)C1.I. The highest BCUT2D eigenvalue weighted by molar-refractivity contribution is 14.0. The zero-order chi connectivity index (χ0) is 22.0. The van der Waals surface area contributed by atoms with Gasteiger partial charge in [-0.05, 0) is 43.9 Å². The summed E-state index contributed by atoms with van der Waals surface area (Å²) < 4.78 is 11.2. The summed E-state index contributed by atoms with van der Waals surface area (Å²) in [6, 6.07) is 15.2. The Morgan fingerprint density at radius 3 is 2.64 bits per heavy atom. The van der Waals surface area contributed by atoms with E-state index in [4.69, 9.17) is 14.1 Å². The first kappa shape index (κ1) is 26.0. The van der Waals surface area contributed by atoms with Crippen LogP contribution < -0.4 is 5.32 Å². The number of benzene rings is 1. The predicted molar refractivity (Wildman–Crippen MR) is 144 cm³/mol. The van der Waals surface area contributed by atoms with Crippen LogP contribution in [0.25, 0.3) is 0 Å². The Labute approximate surface area is 215 Å². The van der Waals surface area contributed by atoms with Gasteiger partial charge in [0.2, 0.25) is 0 Å². The van der Waals surface area contributed by atoms with Crippen molar-refractivity contribution in [3.63, 3.8) is 0 Å². The number of guanidine groups is 1. The second-order valence-corrected chi connectivity index (χ2v) is 8.98. The number of rotatable bonds is 9. The van der Waals surface area contributed by atoms with Gasteiger partial charge in [-0.1, -0.05) is 30.3 Å². The highest BCUT2D eigenvalue weighted by Gasteiger charge is 2.27. The predicted octanol–water partition coefficient (Wildman–Crippen LogP) is 4.41. The third kappa shape index (κ3) is 8.30. The van der Waals surface area contributed by atoms with Crippen LogP contribution in [-0.4, -0.2) is 67.7 Å². The van der Waals surface area contributed by atoms with Gasteiger partial charge in [0.05, 0.1) is 12.9 Å². The molecule has 2 aliphatic rings. The quantitative estimate of drug-likeness (QED) is 0.277. The third-order valence-electron chi connectivity index (χ3n) is 6.51. The molecule has 0 aliphatic carbocycles. The molecule has 0 spiro atoms. The van der Waals surface area contributed by atoms with Gasteiger partial charge in [0.15, 0.2) is 5.96 Å². The minimum atomic E-state index is 0. The Morgan fingerprint density at radius 2 is 1.91 bits per heavy atom. The lowest BCUT2D eigenvalue weighted by Crippen LogP contribution is -2.49. The highest BCUT2D eigenvalue weighted by atomic mass is 127. The van der Waals surface area contributed by atoms with Crippen molar-refractivity contribution < 1.29 is 9.15 Å². The first-order valence-corrected chi connectivity index (χ1v) is 12.2. The molecule has 3 heterocycles. The van der Waals surface area contributed by atoms with Crippen molar-refractivity contribution in [2.24, 2.45) is 10.9 Å². The highest BCUT2D eigenvalue weighted by Crippen LogP contribution is 2.19. The van der Waals surface area contributed by atoms with E-state index in [2.05, 4.69) is 52.4 Å². The van der Waals surface area contributed by atoms with Crippen LogP contribution in [0.5, 0.6) is 0 Å². The molecular weight excluding hydrogens is 527 g/mol. The molecule has 4 rings (SSSR count). The number of ether oxygens (including phenoxy) is 1. The molecule has 1 aromatic heterocycles. The first-order valence-electron chi connectivity index (χ1n) is 12.2. The smallest absolute Gasteiger partial charge is 0.194 e. The summed E-state index contributed by atoms with van der Waals surface area (Å²) in [5.41, 5.74) is 1.40. The lowest BCUT2D eigenvalue weighted by molar-refractivity contribution is 0.114. The standard InChI is InChI=1S/C26H38N4O2.HI/c1-2-31-21-23-11-17-30(20-23)26(27-14-10-25-9-6-18-32-25)28-24-12-15-29(16-13-24)19-22-7-4-3-5-8-22;/h3-9,18,23-24H,2,10-17,19-21H2,1H3,(H,27,28);1H. The first-order chi connectivity index (χ1) is 15.8. The molecule has 1 unspecified atom stereocenters. The maximum absolute atomic E-state index is 5.68. The second-order valence-electron chi connectivity index (χ2n) is 8.98. The number of likely N-dealkylation sites (tertiary alicyclic amines) is 2. The van der Waals surface area contributed by atoms with Crippen LogP contribution in [0.1, 0.15) is 37.5 Å². The van der Waals surface area contributed by atoms with E-state index in [9.17, 15) is 0 Å². The summed E-state index contributed by atoms with van der Waals surface area (Å²) >= 11 is 0. The van der Waals surface area contributed by atoms with Crippen molar-refractivity contribution >= 4 is 29.9 Å². The van der Waals surface area contributed by atoms with Gasteiger partial charge < -0.3 is 19.4 Å². The molecule has 0 amide bonds. The van der Waals surface area contributed by atoms with Gasteiger partial charge in [0.1, 0.15) is 5.76 Å². The number of aliphatic imine (C=N–C) groups is 1. The number of nitrogens with zero attached hydrogens (tertiary/aromatic N) is 3. The van der Waals surface area contributed by atoms with Crippen molar-refractivity contribution in [2.75, 3.05) is 45.9 Å². The summed E-state index contributed by atoms with van der Waals surface area (Å²) in [6.07, 6.45) is 6.05. The van der Waals surface area contributed by atoms with Crippen LogP contribution >= 0.6 is 24.0 Å². The number of halogens is 1. The van der Waals surface area contributed by atoms with Gasteiger partial charge in [-0.25, -0.2) is 0 Å². The normalized spacial score (nSPS) is 20.1. The summed E-state index contributed by atoms with van der Waals surface area (Å²) in [5, 5.41) is 3.82. The number of hydrogen-bond donors (Lipinski definition) is 1. The fourth-order valence-electron chi connectivity index (χ4n) is 4.67. The van der Waals surface area contributed by atoms with Crippen molar-refractivity contribution in [1.29, 1.82) is 0 Å². The van der Waals surface area contributed by atoms with Gasteiger partial charge >= 0.3 is 0 Å². The fraction of sp³-hybridized carbons (Fsp3) is 0.577. The van der Waals surface area contributed by atoms with Crippen LogP contribution in [-0.2, 0) is 17.7 Å². The topological polar surface area (TPSA) is 53.2 Å². The maximum atomic E-state index is 5.68. The Morgan fingerprint density at radius 1 is 1.09 bits per heavy atom. The number of nitrogens with one attached hydrogen (secondary N) is 1. The molecular formula is C26H39IN4O2. The molecule has 6 nitrogen and oxygen atoms in total. The van der Waals surface area contributed by atoms with E-state index in [-0.39, 0.29) is 24.0 Å².